The number of benzene rings is 2. The molecule has 0 spiro atoms. The highest BCUT2D eigenvalue weighted by Gasteiger charge is 2.30. The van der Waals surface area contributed by atoms with E-state index in [1.807, 2.05) is 4.90 Å². The van der Waals surface area contributed by atoms with Crippen molar-refractivity contribution in [2.24, 2.45) is 16.1 Å². The van der Waals surface area contributed by atoms with E-state index in [1.54, 1.807) is 18.2 Å². The molecule has 1 saturated carbocycles. The molecule has 2 aliphatic heterocycles. The Bertz CT molecular complexity index is 1330. The van der Waals surface area contributed by atoms with Gasteiger partial charge in [0, 0.05) is 67.4 Å². The number of allylic oxidation sites excluding steroid dienone is 1. The molecule has 39 heavy (non-hydrogen) atoms. The van der Waals surface area contributed by atoms with Crippen LogP contribution in [0.4, 0.5) is 23.2 Å². The fourth-order valence-electron chi connectivity index (χ4n) is 4.92. The molecule has 2 heterocycles. The number of hydrogen-bond donors (Lipinski definition) is 0. The summed E-state index contributed by atoms with van der Waals surface area (Å²) in [7, 11) is 0. The molecular formula is C29H30ClF4N5. The number of nitrogens with zero attached hydrogens (tertiary/aromatic N) is 5. The van der Waals surface area contributed by atoms with Crippen LogP contribution < -0.4 is 4.90 Å². The third-order valence-electron chi connectivity index (χ3n) is 7.44. The van der Waals surface area contributed by atoms with Crippen molar-refractivity contribution in [3.8, 4) is 0 Å². The van der Waals surface area contributed by atoms with Gasteiger partial charge in [-0.15, -0.1) is 0 Å². The molecule has 10 heteroatoms. The topological polar surface area (TPSA) is 34.4 Å². The third-order valence-corrected chi connectivity index (χ3v) is 7.73. The maximum absolute atomic E-state index is 15.3. The minimum Gasteiger partial charge on any atom is -0.372 e. The van der Waals surface area contributed by atoms with Gasteiger partial charge in [-0.05, 0) is 43.0 Å². The summed E-state index contributed by atoms with van der Waals surface area (Å²) in [4.78, 5) is 6.47. The van der Waals surface area contributed by atoms with Crippen LogP contribution in [0.15, 0.2) is 71.2 Å². The summed E-state index contributed by atoms with van der Waals surface area (Å²) in [5.41, 5.74) is 3.26. The van der Waals surface area contributed by atoms with Crippen molar-refractivity contribution in [2.75, 3.05) is 37.6 Å². The summed E-state index contributed by atoms with van der Waals surface area (Å²) in [5, 5.41) is 7.27. The van der Waals surface area contributed by atoms with Gasteiger partial charge in [0.15, 0.2) is 0 Å². The fourth-order valence-corrected chi connectivity index (χ4v) is 5.10. The maximum atomic E-state index is 15.3. The molecule has 0 N–H and O–H groups in total. The lowest BCUT2D eigenvalue weighted by Gasteiger charge is -2.39. The van der Waals surface area contributed by atoms with E-state index < -0.39 is 18.1 Å². The van der Waals surface area contributed by atoms with Gasteiger partial charge in [-0.2, -0.15) is 10.2 Å². The molecule has 2 aromatic rings. The van der Waals surface area contributed by atoms with Gasteiger partial charge >= 0.3 is 0 Å². The van der Waals surface area contributed by atoms with Gasteiger partial charge in [0.25, 0.3) is 6.43 Å². The Morgan fingerprint density at radius 1 is 1.00 bits per heavy atom. The third kappa shape index (κ3) is 6.36. The SMILES string of the molecule is C=C(C1CC1)N1CCN(CC(=C)N(Cc2ccc(C3=NN=C(C(F)F)C3)cc2F)c2ccc(F)c(Cl)c2)CC1. The Labute approximate surface area is 230 Å². The first-order valence-corrected chi connectivity index (χ1v) is 13.3. The van der Waals surface area contributed by atoms with Crippen LogP contribution in [0.2, 0.25) is 5.02 Å². The van der Waals surface area contributed by atoms with E-state index >= 15 is 4.39 Å². The highest BCUT2D eigenvalue weighted by Crippen LogP contribution is 2.37. The molecular weight excluding hydrogens is 530 g/mol. The summed E-state index contributed by atoms with van der Waals surface area (Å²) in [6.07, 6.45) is -0.366. The van der Waals surface area contributed by atoms with E-state index in [0.717, 1.165) is 26.2 Å². The first-order chi connectivity index (χ1) is 18.7. The second kappa shape index (κ2) is 11.5. The largest absolute Gasteiger partial charge is 0.372 e. The zero-order chi connectivity index (χ0) is 27.7. The van der Waals surface area contributed by atoms with Crippen LogP contribution in [0.1, 0.15) is 30.4 Å². The average molecular weight is 560 g/mol. The smallest absolute Gasteiger partial charge is 0.278 e. The van der Waals surface area contributed by atoms with E-state index in [1.165, 1.54) is 36.7 Å². The van der Waals surface area contributed by atoms with Crippen molar-refractivity contribution >= 4 is 28.7 Å². The van der Waals surface area contributed by atoms with Crippen molar-refractivity contribution in [3.63, 3.8) is 0 Å². The molecule has 0 bridgehead atoms. The molecule has 2 fully saturated rings. The van der Waals surface area contributed by atoms with Crippen molar-refractivity contribution in [1.29, 1.82) is 0 Å². The van der Waals surface area contributed by atoms with Crippen LogP contribution in [0.5, 0.6) is 0 Å². The highest BCUT2D eigenvalue weighted by atomic mass is 35.5. The van der Waals surface area contributed by atoms with E-state index in [9.17, 15) is 13.2 Å². The van der Waals surface area contributed by atoms with Crippen LogP contribution >= 0.6 is 11.6 Å². The second-order valence-corrected chi connectivity index (χ2v) is 10.6. The fraction of sp³-hybridized carbons (Fsp3) is 0.379. The number of hydrogen-bond acceptors (Lipinski definition) is 5. The molecule has 0 atom stereocenters. The Balaban J connectivity index is 1.30. The lowest BCUT2D eigenvalue weighted by Crippen LogP contribution is -2.47. The summed E-state index contributed by atoms with van der Waals surface area (Å²) in [5.74, 6) is -0.429. The van der Waals surface area contributed by atoms with Crippen LogP contribution in [0, 0.1) is 17.6 Å². The summed E-state index contributed by atoms with van der Waals surface area (Å²) < 4.78 is 55.1. The molecule has 0 radical (unpaired) electrons. The highest BCUT2D eigenvalue weighted by molar-refractivity contribution is 6.31. The zero-order valence-electron chi connectivity index (χ0n) is 21.5. The van der Waals surface area contributed by atoms with Crippen LogP contribution in [0.25, 0.3) is 0 Å². The van der Waals surface area contributed by atoms with Crippen LogP contribution in [-0.4, -0.2) is 60.4 Å². The van der Waals surface area contributed by atoms with Crippen LogP contribution in [0.3, 0.4) is 0 Å². The maximum Gasteiger partial charge on any atom is 0.278 e. The lowest BCUT2D eigenvalue weighted by molar-refractivity contribution is 0.163. The second-order valence-electron chi connectivity index (χ2n) is 10.2. The molecule has 1 saturated heterocycles. The van der Waals surface area contributed by atoms with Gasteiger partial charge in [0.05, 0.1) is 17.3 Å². The van der Waals surface area contributed by atoms with E-state index in [2.05, 4.69) is 33.2 Å². The Kier molecular flexibility index (Phi) is 8.09. The number of halogens is 5. The predicted octanol–water partition coefficient (Wildman–Crippen LogP) is 6.49. The van der Waals surface area contributed by atoms with E-state index in [4.69, 9.17) is 11.6 Å². The van der Waals surface area contributed by atoms with Gasteiger partial charge in [-0.25, -0.2) is 17.6 Å². The van der Waals surface area contributed by atoms with Gasteiger partial charge in [-0.3, -0.25) is 4.90 Å². The standard InChI is InChI=1S/C29H30ClF4N5/c1-18(16-37-9-11-38(12-10-37)19(2)20-3-4-20)39(23-7-8-25(31)24(30)14-23)17-22-6-5-21(13-26(22)32)27-15-28(29(33)34)36-35-27/h5-8,13-14,20,29H,1-4,9-12,15-17H2. The minimum absolute atomic E-state index is 0.0394. The molecule has 5 nitrogen and oxygen atoms in total. The summed E-state index contributed by atoms with van der Waals surface area (Å²) >= 11 is 6.09. The van der Waals surface area contributed by atoms with Gasteiger partial charge < -0.3 is 9.80 Å². The average Bonchev–Trinajstić information content (AvgIpc) is 3.65. The van der Waals surface area contributed by atoms with E-state index in [0.29, 0.717) is 40.7 Å². The van der Waals surface area contributed by atoms with Crippen LogP contribution in [-0.2, 0) is 6.54 Å². The molecule has 0 unspecified atom stereocenters. The Morgan fingerprint density at radius 2 is 1.74 bits per heavy atom. The molecule has 5 rings (SSSR count). The number of anilines is 1. The Morgan fingerprint density at radius 3 is 2.36 bits per heavy atom. The molecule has 1 aliphatic carbocycles. The van der Waals surface area contributed by atoms with Crippen molar-refractivity contribution < 1.29 is 17.6 Å². The zero-order valence-corrected chi connectivity index (χ0v) is 22.3. The van der Waals surface area contributed by atoms with Crippen molar-refractivity contribution in [2.45, 2.75) is 32.2 Å². The number of piperazine rings is 1. The normalized spacial score (nSPS) is 17.8. The molecule has 206 valence electrons. The number of alkyl halides is 2. The first-order valence-electron chi connectivity index (χ1n) is 13.0. The first kappa shape index (κ1) is 27.4. The van der Waals surface area contributed by atoms with Gasteiger partial charge in [0.2, 0.25) is 0 Å². The van der Waals surface area contributed by atoms with Crippen molar-refractivity contribution in [1.82, 2.24) is 9.80 Å². The monoisotopic (exact) mass is 559 g/mol. The molecule has 2 aromatic carbocycles. The minimum atomic E-state index is -2.70. The lowest BCUT2D eigenvalue weighted by atomic mass is 10.0. The predicted molar refractivity (Wildman–Crippen MR) is 148 cm³/mol. The van der Waals surface area contributed by atoms with Gasteiger partial charge in [-0.1, -0.05) is 36.9 Å². The van der Waals surface area contributed by atoms with Crippen molar-refractivity contribution in [3.05, 3.63) is 88.7 Å². The quantitative estimate of drug-likeness (QED) is 0.312. The summed E-state index contributed by atoms with van der Waals surface area (Å²) in [6, 6.07) is 8.89. The molecule has 0 aromatic heterocycles. The molecule has 3 aliphatic rings. The van der Waals surface area contributed by atoms with Gasteiger partial charge in [0.1, 0.15) is 17.3 Å². The Hall–Kier alpha value is -3.17. The summed E-state index contributed by atoms with van der Waals surface area (Å²) in [6.45, 7) is 12.7. The molecule has 0 amide bonds. The number of rotatable bonds is 10. The van der Waals surface area contributed by atoms with E-state index in [-0.39, 0.29) is 23.7 Å².